The lowest BCUT2D eigenvalue weighted by Gasteiger charge is -2.09. The number of nitrogens with zero attached hydrogens (tertiary/aromatic N) is 1. The van der Waals surface area contributed by atoms with Gasteiger partial charge in [-0.05, 0) is 6.92 Å². The number of aliphatic hydroxyl groups is 1. The van der Waals surface area contributed by atoms with Gasteiger partial charge in [0.05, 0.1) is 11.2 Å². The number of nitrogens with one attached hydrogen (secondary N) is 1. The molecule has 1 atom stereocenters. The zero-order valence-electron chi connectivity index (χ0n) is 8.22. The van der Waals surface area contributed by atoms with E-state index >= 15 is 0 Å². The second kappa shape index (κ2) is 5.13. The number of rotatable bonds is 5. The molecule has 0 aliphatic rings. The van der Waals surface area contributed by atoms with E-state index in [9.17, 15) is 17.2 Å². The molecule has 0 amide bonds. The Labute approximate surface area is 95.2 Å². The van der Waals surface area contributed by atoms with Crippen molar-refractivity contribution in [3.05, 3.63) is 11.2 Å². The smallest absolute Gasteiger partial charge is 0.265 e. The molecule has 0 spiro atoms. The third-order valence-corrected chi connectivity index (χ3v) is 4.44. The molecule has 0 saturated heterocycles. The third-order valence-electron chi connectivity index (χ3n) is 1.64. The van der Waals surface area contributed by atoms with Gasteiger partial charge in [0.1, 0.15) is 6.10 Å². The maximum absolute atomic E-state index is 11.9. The van der Waals surface area contributed by atoms with Crippen molar-refractivity contribution in [1.82, 2.24) is 9.71 Å². The second-order valence-corrected chi connectivity index (χ2v) is 6.18. The van der Waals surface area contributed by atoms with Gasteiger partial charge in [-0.25, -0.2) is 26.9 Å². The van der Waals surface area contributed by atoms with E-state index in [4.69, 9.17) is 5.11 Å². The lowest BCUT2D eigenvalue weighted by molar-refractivity contribution is -0.000445. The number of thiazole rings is 1. The van der Waals surface area contributed by atoms with E-state index in [2.05, 4.69) is 4.98 Å². The average molecular weight is 272 g/mol. The number of aromatic nitrogens is 1. The summed E-state index contributed by atoms with van der Waals surface area (Å²) >= 11 is 0.924. The normalized spacial score (nSPS) is 14.3. The van der Waals surface area contributed by atoms with E-state index in [0.717, 1.165) is 17.5 Å². The topological polar surface area (TPSA) is 79.3 Å². The van der Waals surface area contributed by atoms with E-state index in [-0.39, 0.29) is 4.21 Å². The Balaban J connectivity index is 2.67. The summed E-state index contributed by atoms with van der Waals surface area (Å²) in [7, 11) is -3.86. The van der Waals surface area contributed by atoms with Crippen LogP contribution in [0.4, 0.5) is 8.78 Å². The van der Waals surface area contributed by atoms with E-state index < -0.39 is 29.1 Å². The molecular weight excluding hydrogens is 262 g/mol. The minimum atomic E-state index is -3.86. The molecule has 0 aromatic carbocycles. The van der Waals surface area contributed by atoms with Crippen LogP contribution in [0.15, 0.2) is 10.4 Å². The molecule has 1 aromatic rings. The molecule has 0 radical (unpaired) electrons. The largest absolute Gasteiger partial charge is 0.386 e. The Morgan fingerprint density at radius 3 is 2.69 bits per heavy atom. The molecule has 1 heterocycles. The molecule has 0 saturated carbocycles. The predicted octanol–water partition coefficient (Wildman–Crippen LogP) is 0.356. The third kappa shape index (κ3) is 3.44. The summed E-state index contributed by atoms with van der Waals surface area (Å²) in [6, 6.07) is 0. The summed E-state index contributed by atoms with van der Waals surface area (Å²) in [5.74, 6) is 0. The first-order chi connectivity index (χ1) is 7.33. The van der Waals surface area contributed by atoms with Gasteiger partial charge in [0.2, 0.25) is 0 Å². The number of halogens is 2. The van der Waals surface area contributed by atoms with E-state index in [1.54, 1.807) is 6.92 Å². The van der Waals surface area contributed by atoms with Crippen molar-refractivity contribution >= 4 is 21.4 Å². The number of sulfonamides is 1. The van der Waals surface area contributed by atoms with Crippen molar-refractivity contribution < 1.29 is 22.3 Å². The van der Waals surface area contributed by atoms with Crippen LogP contribution in [0.25, 0.3) is 0 Å². The van der Waals surface area contributed by atoms with Crippen LogP contribution in [0.1, 0.15) is 5.01 Å². The highest BCUT2D eigenvalue weighted by Crippen LogP contribution is 2.17. The maximum atomic E-state index is 11.9. The molecular formula is C7H10F2N2O3S2. The molecule has 0 fully saturated rings. The van der Waals surface area contributed by atoms with Gasteiger partial charge in [-0.15, -0.1) is 11.3 Å². The lowest BCUT2D eigenvalue weighted by Crippen LogP contribution is -2.35. The summed E-state index contributed by atoms with van der Waals surface area (Å²) in [4.78, 5) is 3.73. The van der Waals surface area contributed by atoms with Gasteiger partial charge in [-0.2, -0.15) is 0 Å². The van der Waals surface area contributed by atoms with Gasteiger partial charge in [0.15, 0.2) is 4.21 Å². The Bertz CT molecular complexity index is 446. The fraction of sp³-hybridized carbons (Fsp3) is 0.571. The number of hydrogen-bond donors (Lipinski definition) is 2. The highest BCUT2D eigenvalue weighted by molar-refractivity contribution is 7.91. The van der Waals surface area contributed by atoms with E-state index in [1.807, 2.05) is 4.72 Å². The van der Waals surface area contributed by atoms with Gasteiger partial charge in [-0.1, -0.05) is 0 Å². The molecule has 2 N–H and O–H groups in total. The zero-order valence-corrected chi connectivity index (χ0v) is 9.86. The van der Waals surface area contributed by atoms with Crippen LogP contribution in [-0.2, 0) is 10.0 Å². The Morgan fingerprint density at radius 2 is 2.25 bits per heavy atom. The van der Waals surface area contributed by atoms with Crippen LogP contribution in [0.2, 0.25) is 0 Å². The van der Waals surface area contributed by atoms with Gasteiger partial charge < -0.3 is 5.11 Å². The molecule has 16 heavy (non-hydrogen) atoms. The lowest BCUT2D eigenvalue weighted by atomic mass is 10.4. The standard InChI is InChI=1S/C7H10F2N2O3S2/c1-4-10-3-6(15-4)16(13,14)11-2-5(12)7(8)9/h3,5,7,11-12H,2H2,1H3. The fourth-order valence-corrected chi connectivity index (χ4v) is 3.02. The average Bonchev–Trinajstić information content (AvgIpc) is 2.61. The highest BCUT2D eigenvalue weighted by atomic mass is 32.2. The molecule has 1 rings (SSSR count). The van der Waals surface area contributed by atoms with Gasteiger partial charge in [0, 0.05) is 6.54 Å². The quantitative estimate of drug-likeness (QED) is 0.811. The first kappa shape index (κ1) is 13.4. The Kier molecular flexibility index (Phi) is 4.30. The first-order valence-corrected chi connectivity index (χ1v) is 6.51. The van der Waals surface area contributed by atoms with Crippen molar-refractivity contribution in [2.24, 2.45) is 0 Å². The van der Waals surface area contributed by atoms with Crippen molar-refractivity contribution in [3.63, 3.8) is 0 Å². The van der Waals surface area contributed by atoms with Crippen LogP contribution < -0.4 is 4.72 Å². The second-order valence-electron chi connectivity index (χ2n) is 2.95. The van der Waals surface area contributed by atoms with Gasteiger partial charge in [-0.3, -0.25) is 0 Å². The molecule has 92 valence electrons. The van der Waals surface area contributed by atoms with Crippen LogP contribution >= 0.6 is 11.3 Å². The summed E-state index contributed by atoms with van der Waals surface area (Å²) in [6.07, 6.45) is -3.86. The van der Waals surface area contributed by atoms with Crippen molar-refractivity contribution in [2.45, 2.75) is 23.7 Å². The first-order valence-electron chi connectivity index (χ1n) is 4.21. The summed E-state index contributed by atoms with van der Waals surface area (Å²) < 4.78 is 48.6. The Morgan fingerprint density at radius 1 is 1.62 bits per heavy atom. The van der Waals surface area contributed by atoms with Crippen LogP contribution in [0.5, 0.6) is 0 Å². The molecule has 0 aliphatic heterocycles. The van der Waals surface area contributed by atoms with Crippen LogP contribution in [0.3, 0.4) is 0 Å². The molecule has 0 bridgehead atoms. The van der Waals surface area contributed by atoms with E-state index in [1.165, 1.54) is 0 Å². The number of aryl methyl sites for hydroxylation is 1. The highest BCUT2D eigenvalue weighted by Gasteiger charge is 2.22. The minimum Gasteiger partial charge on any atom is -0.386 e. The van der Waals surface area contributed by atoms with Crippen molar-refractivity contribution in [2.75, 3.05) is 6.54 Å². The van der Waals surface area contributed by atoms with Gasteiger partial charge >= 0.3 is 0 Å². The molecule has 9 heteroatoms. The number of aliphatic hydroxyl groups excluding tert-OH is 1. The number of hydrogen-bond acceptors (Lipinski definition) is 5. The molecule has 5 nitrogen and oxygen atoms in total. The van der Waals surface area contributed by atoms with Crippen LogP contribution in [0, 0.1) is 6.92 Å². The minimum absolute atomic E-state index is 0.0635. The van der Waals surface area contributed by atoms with Crippen molar-refractivity contribution in [1.29, 1.82) is 0 Å². The Hall–Kier alpha value is -0.640. The summed E-state index contributed by atoms with van der Waals surface area (Å²) in [5, 5.41) is 9.30. The zero-order chi connectivity index (χ0) is 12.3. The molecule has 1 aromatic heterocycles. The van der Waals surface area contributed by atoms with Crippen molar-refractivity contribution in [3.8, 4) is 0 Å². The fourth-order valence-electron chi connectivity index (χ4n) is 0.821. The summed E-state index contributed by atoms with van der Waals surface area (Å²) in [6.45, 7) is 0.897. The predicted molar refractivity (Wildman–Crippen MR) is 54.1 cm³/mol. The number of alkyl halides is 2. The van der Waals surface area contributed by atoms with Gasteiger partial charge in [0.25, 0.3) is 16.4 Å². The van der Waals surface area contributed by atoms with E-state index in [0.29, 0.717) is 5.01 Å². The SMILES string of the molecule is Cc1ncc(S(=O)(=O)NCC(O)C(F)F)s1. The summed E-state index contributed by atoms with van der Waals surface area (Å²) in [5.41, 5.74) is 0. The molecule has 0 aliphatic carbocycles. The van der Waals surface area contributed by atoms with Crippen LogP contribution in [-0.4, -0.2) is 37.6 Å². The monoisotopic (exact) mass is 272 g/mol. The molecule has 1 unspecified atom stereocenters. The maximum Gasteiger partial charge on any atom is 0.265 e.